The Morgan fingerprint density at radius 2 is 2.17 bits per heavy atom. The van der Waals surface area contributed by atoms with Crippen LogP contribution >= 0.6 is 0 Å². The van der Waals surface area contributed by atoms with Crippen molar-refractivity contribution in [3.8, 4) is 0 Å². The van der Waals surface area contributed by atoms with Crippen molar-refractivity contribution in [1.29, 1.82) is 0 Å². The summed E-state index contributed by atoms with van der Waals surface area (Å²) < 4.78 is 22.1. The van der Waals surface area contributed by atoms with Crippen molar-refractivity contribution in [3.63, 3.8) is 0 Å². The number of nitrogens with zero attached hydrogens (tertiary/aromatic N) is 1. The molecule has 5 nitrogen and oxygen atoms in total. The van der Waals surface area contributed by atoms with Crippen LogP contribution in [0, 0.1) is 0 Å². The van der Waals surface area contributed by atoms with Crippen molar-refractivity contribution in [2.45, 2.75) is 13.0 Å². The van der Waals surface area contributed by atoms with Gasteiger partial charge in [0.1, 0.15) is 0 Å². The van der Waals surface area contributed by atoms with Crippen molar-refractivity contribution in [1.82, 2.24) is 4.90 Å². The molecule has 0 aromatic heterocycles. The second-order valence-corrected chi connectivity index (χ2v) is 5.22. The van der Waals surface area contributed by atoms with E-state index >= 15 is 0 Å². The number of hydrogen-bond donors (Lipinski definition) is 1. The molecular weight excluding hydrogens is 180 g/mol. The van der Waals surface area contributed by atoms with Crippen molar-refractivity contribution in [2.24, 2.45) is 5.73 Å². The summed E-state index contributed by atoms with van der Waals surface area (Å²) in [6, 6.07) is -0.835. The lowest BCUT2D eigenvalue weighted by Gasteiger charge is -2.31. The standard InChI is InChI=1S/C6H12N2O3S/c1-5-4-12(10,11)3-2-8(5)6(7)9/h5H,2-4H2,1H3,(H2,7,9). The van der Waals surface area contributed by atoms with E-state index < -0.39 is 15.9 Å². The summed E-state index contributed by atoms with van der Waals surface area (Å²) in [6.45, 7) is 1.90. The van der Waals surface area contributed by atoms with Gasteiger partial charge in [-0.1, -0.05) is 0 Å². The monoisotopic (exact) mass is 192 g/mol. The smallest absolute Gasteiger partial charge is 0.315 e. The van der Waals surface area contributed by atoms with E-state index in [2.05, 4.69) is 0 Å². The Morgan fingerprint density at radius 1 is 1.58 bits per heavy atom. The largest absolute Gasteiger partial charge is 0.351 e. The topological polar surface area (TPSA) is 80.5 Å². The number of primary amides is 1. The van der Waals surface area contributed by atoms with Gasteiger partial charge in [0.2, 0.25) is 0 Å². The molecule has 1 aliphatic rings. The molecule has 12 heavy (non-hydrogen) atoms. The van der Waals surface area contributed by atoms with Gasteiger partial charge in [-0.25, -0.2) is 13.2 Å². The first kappa shape index (κ1) is 9.31. The Labute approximate surface area is 71.4 Å². The summed E-state index contributed by atoms with van der Waals surface area (Å²) >= 11 is 0. The quantitative estimate of drug-likeness (QED) is 0.544. The third kappa shape index (κ3) is 1.88. The molecule has 2 amide bonds. The predicted molar refractivity (Wildman–Crippen MR) is 44.4 cm³/mol. The molecule has 1 rings (SSSR count). The molecule has 1 saturated heterocycles. The van der Waals surface area contributed by atoms with E-state index in [0.717, 1.165) is 0 Å². The second-order valence-electron chi connectivity index (χ2n) is 3.00. The number of carbonyl (C=O) groups excluding carboxylic acids is 1. The summed E-state index contributed by atoms with van der Waals surface area (Å²) in [5, 5.41) is 0. The number of rotatable bonds is 0. The Bertz CT molecular complexity index is 285. The molecule has 0 radical (unpaired) electrons. The molecule has 0 aromatic rings. The lowest BCUT2D eigenvalue weighted by molar-refractivity contribution is 0.195. The molecule has 1 aliphatic heterocycles. The van der Waals surface area contributed by atoms with E-state index in [1.54, 1.807) is 6.92 Å². The van der Waals surface area contributed by atoms with Gasteiger partial charge in [0.05, 0.1) is 11.5 Å². The molecule has 1 heterocycles. The number of hydrogen-bond acceptors (Lipinski definition) is 3. The van der Waals surface area contributed by atoms with Crippen LogP contribution in [0.5, 0.6) is 0 Å². The Balaban J connectivity index is 2.72. The molecule has 0 saturated carbocycles. The highest BCUT2D eigenvalue weighted by Gasteiger charge is 2.29. The highest BCUT2D eigenvalue weighted by atomic mass is 32.2. The van der Waals surface area contributed by atoms with Gasteiger partial charge in [0.15, 0.2) is 9.84 Å². The molecule has 70 valence electrons. The first-order chi connectivity index (χ1) is 5.42. The van der Waals surface area contributed by atoms with Gasteiger partial charge in [-0.15, -0.1) is 0 Å². The van der Waals surface area contributed by atoms with Crippen LogP contribution in [0.2, 0.25) is 0 Å². The van der Waals surface area contributed by atoms with Gasteiger partial charge < -0.3 is 10.6 Å². The summed E-state index contributed by atoms with van der Waals surface area (Å²) in [7, 11) is -2.95. The molecule has 0 spiro atoms. The van der Waals surface area contributed by atoms with Gasteiger partial charge in [0.25, 0.3) is 0 Å². The van der Waals surface area contributed by atoms with Gasteiger partial charge >= 0.3 is 6.03 Å². The molecule has 1 unspecified atom stereocenters. The Morgan fingerprint density at radius 3 is 2.58 bits per heavy atom. The van der Waals surface area contributed by atoms with Gasteiger partial charge in [0, 0.05) is 12.6 Å². The predicted octanol–water partition coefficient (Wildman–Crippen LogP) is -0.816. The van der Waals surface area contributed by atoms with Crippen LogP contribution in [0.1, 0.15) is 6.92 Å². The molecule has 2 N–H and O–H groups in total. The van der Waals surface area contributed by atoms with E-state index in [1.165, 1.54) is 4.90 Å². The van der Waals surface area contributed by atoms with Crippen LogP contribution in [-0.4, -0.2) is 43.4 Å². The summed E-state index contributed by atoms with van der Waals surface area (Å²) in [5.41, 5.74) is 5.04. The highest BCUT2D eigenvalue weighted by Crippen LogP contribution is 2.10. The number of urea groups is 1. The lowest BCUT2D eigenvalue weighted by Crippen LogP contribution is -2.51. The fourth-order valence-corrected chi connectivity index (χ4v) is 2.88. The first-order valence-corrected chi connectivity index (χ1v) is 5.51. The van der Waals surface area contributed by atoms with Gasteiger partial charge in [-0.05, 0) is 6.92 Å². The van der Waals surface area contributed by atoms with E-state index in [1.807, 2.05) is 0 Å². The Kier molecular flexibility index (Phi) is 2.27. The van der Waals surface area contributed by atoms with E-state index in [9.17, 15) is 13.2 Å². The van der Waals surface area contributed by atoms with Gasteiger partial charge in [-0.2, -0.15) is 0 Å². The summed E-state index contributed by atoms with van der Waals surface area (Å²) in [6.07, 6.45) is 0. The minimum Gasteiger partial charge on any atom is -0.351 e. The van der Waals surface area contributed by atoms with Crippen LogP contribution in [0.4, 0.5) is 4.79 Å². The molecule has 1 atom stereocenters. The van der Waals surface area contributed by atoms with Crippen LogP contribution in [0.25, 0.3) is 0 Å². The van der Waals surface area contributed by atoms with Crippen molar-refractivity contribution in [3.05, 3.63) is 0 Å². The molecule has 0 aliphatic carbocycles. The minimum atomic E-state index is -2.95. The average Bonchev–Trinajstić information content (AvgIpc) is 1.83. The zero-order valence-corrected chi connectivity index (χ0v) is 7.67. The van der Waals surface area contributed by atoms with Crippen molar-refractivity contribution >= 4 is 15.9 Å². The van der Waals surface area contributed by atoms with E-state index in [4.69, 9.17) is 5.73 Å². The molecule has 0 aromatic carbocycles. The van der Waals surface area contributed by atoms with Crippen molar-refractivity contribution in [2.75, 3.05) is 18.1 Å². The fraction of sp³-hybridized carbons (Fsp3) is 0.833. The van der Waals surface area contributed by atoms with E-state index in [0.29, 0.717) is 0 Å². The molecule has 1 fully saturated rings. The van der Waals surface area contributed by atoms with Crippen LogP contribution in [0.15, 0.2) is 0 Å². The van der Waals surface area contributed by atoms with Crippen LogP contribution < -0.4 is 5.73 Å². The number of amides is 2. The minimum absolute atomic E-state index is 0.0237. The third-order valence-corrected chi connectivity index (χ3v) is 3.75. The molecular formula is C6H12N2O3S. The number of carbonyl (C=O) groups is 1. The van der Waals surface area contributed by atoms with E-state index in [-0.39, 0.29) is 24.1 Å². The number of nitrogens with two attached hydrogens (primary N) is 1. The van der Waals surface area contributed by atoms with Crippen LogP contribution in [0.3, 0.4) is 0 Å². The summed E-state index contributed by atoms with van der Waals surface area (Å²) in [4.78, 5) is 12.1. The lowest BCUT2D eigenvalue weighted by atomic mass is 10.3. The number of sulfone groups is 1. The highest BCUT2D eigenvalue weighted by molar-refractivity contribution is 7.91. The second kappa shape index (κ2) is 2.93. The first-order valence-electron chi connectivity index (χ1n) is 3.69. The van der Waals surface area contributed by atoms with Crippen LogP contribution in [-0.2, 0) is 9.84 Å². The van der Waals surface area contributed by atoms with Crippen molar-refractivity contribution < 1.29 is 13.2 Å². The zero-order valence-electron chi connectivity index (χ0n) is 6.86. The summed E-state index contributed by atoms with van der Waals surface area (Å²) in [5.74, 6) is 0.0518. The normalized spacial score (nSPS) is 28.4. The molecule has 6 heteroatoms. The molecule has 0 bridgehead atoms. The zero-order chi connectivity index (χ0) is 9.35. The average molecular weight is 192 g/mol. The maximum atomic E-state index is 11.1. The Hall–Kier alpha value is -0.780. The maximum absolute atomic E-state index is 11.1. The SMILES string of the molecule is CC1CS(=O)(=O)CCN1C(N)=O. The maximum Gasteiger partial charge on any atom is 0.315 e. The fourth-order valence-electron chi connectivity index (χ4n) is 1.33. The third-order valence-electron chi connectivity index (χ3n) is 1.95. The van der Waals surface area contributed by atoms with Gasteiger partial charge in [-0.3, -0.25) is 0 Å².